The lowest BCUT2D eigenvalue weighted by molar-refractivity contribution is -0.120. The van der Waals surface area contributed by atoms with Gasteiger partial charge in [-0.2, -0.15) is 0 Å². The number of thiazole rings is 1. The topological polar surface area (TPSA) is 91.8 Å². The summed E-state index contributed by atoms with van der Waals surface area (Å²) in [7, 11) is 0. The van der Waals surface area contributed by atoms with Crippen molar-refractivity contribution in [2.24, 2.45) is 0 Å². The van der Waals surface area contributed by atoms with Crippen molar-refractivity contribution in [1.29, 1.82) is 0 Å². The number of aromatic amines is 1. The molecule has 5 aromatic rings. The van der Waals surface area contributed by atoms with Crippen molar-refractivity contribution >= 4 is 44.3 Å². The first-order valence-corrected chi connectivity index (χ1v) is 11.5. The molecule has 5 rings (SSSR count). The normalized spacial score (nSPS) is 12.2. The zero-order valence-electron chi connectivity index (χ0n) is 18.0. The Hall–Kier alpha value is -3.91. The molecule has 0 spiro atoms. The summed E-state index contributed by atoms with van der Waals surface area (Å²) in [5, 5.41) is 7.67. The molecule has 1 atom stereocenters. The van der Waals surface area contributed by atoms with E-state index in [9.17, 15) is 9.59 Å². The lowest BCUT2D eigenvalue weighted by Crippen LogP contribution is -2.41. The SMILES string of the molecule is CC(Cc1c[nH]c2ccccc12)NC(=O)CNC(=O)c1ccc2nc(-n3cccc3)sc2c1. The Morgan fingerprint density at radius 3 is 2.79 bits per heavy atom. The zero-order chi connectivity index (χ0) is 22.8. The van der Waals surface area contributed by atoms with Gasteiger partial charge in [0.25, 0.3) is 5.91 Å². The highest BCUT2D eigenvalue weighted by Gasteiger charge is 2.14. The number of nitrogens with one attached hydrogen (secondary N) is 3. The van der Waals surface area contributed by atoms with Gasteiger partial charge in [0.2, 0.25) is 5.91 Å². The second kappa shape index (κ2) is 8.91. The van der Waals surface area contributed by atoms with Gasteiger partial charge in [0.05, 0.1) is 16.8 Å². The average molecular weight is 458 g/mol. The molecule has 0 aliphatic heterocycles. The van der Waals surface area contributed by atoms with Crippen LogP contribution in [0.2, 0.25) is 0 Å². The molecule has 3 N–H and O–H groups in total. The molecule has 3 aromatic heterocycles. The fourth-order valence-electron chi connectivity index (χ4n) is 3.90. The Morgan fingerprint density at radius 2 is 1.94 bits per heavy atom. The second-order valence-electron chi connectivity index (χ2n) is 7.98. The monoisotopic (exact) mass is 457 g/mol. The van der Waals surface area contributed by atoms with E-state index in [2.05, 4.69) is 26.7 Å². The van der Waals surface area contributed by atoms with Crippen LogP contribution in [0.3, 0.4) is 0 Å². The van der Waals surface area contributed by atoms with Crippen molar-refractivity contribution < 1.29 is 9.59 Å². The van der Waals surface area contributed by atoms with E-state index in [1.54, 1.807) is 6.07 Å². The Balaban J connectivity index is 1.17. The van der Waals surface area contributed by atoms with E-state index >= 15 is 0 Å². The summed E-state index contributed by atoms with van der Waals surface area (Å²) in [5.41, 5.74) is 3.57. The molecule has 0 aliphatic rings. The van der Waals surface area contributed by atoms with Crippen molar-refractivity contribution in [3.8, 4) is 5.13 Å². The molecule has 8 heteroatoms. The van der Waals surface area contributed by atoms with Crippen molar-refractivity contribution in [3.63, 3.8) is 0 Å². The number of carbonyl (C=O) groups is 2. The van der Waals surface area contributed by atoms with Gasteiger partial charge < -0.3 is 20.2 Å². The maximum absolute atomic E-state index is 12.6. The van der Waals surface area contributed by atoms with Gasteiger partial charge in [0.1, 0.15) is 0 Å². The highest BCUT2D eigenvalue weighted by Crippen LogP contribution is 2.26. The Bertz CT molecular complexity index is 1430. The molecule has 2 aromatic carbocycles. The van der Waals surface area contributed by atoms with Crippen LogP contribution in [0.5, 0.6) is 0 Å². The molecule has 1 unspecified atom stereocenters. The van der Waals surface area contributed by atoms with Crippen LogP contribution in [0.1, 0.15) is 22.8 Å². The molecular weight excluding hydrogens is 434 g/mol. The first-order valence-electron chi connectivity index (χ1n) is 10.7. The second-order valence-corrected chi connectivity index (χ2v) is 8.99. The Kier molecular flexibility index (Phi) is 5.66. The third kappa shape index (κ3) is 4.51. The van der Waals surface area contributed by atoms with Gasteiger partial charge in [-0.1, -0.05) is 29.5 Å². The van der Waals surface area contributed by atoms with Crippen LogP contribution < -0.4 is 10.6 Å². The zero-order valence-corrected chi connectivity index (χ0v) is 18.9. The molecule has 2 amide bonds. The first-order chi connectivity index (χ1) is 16.1. The van der Waals surface area contributed by atoms with Crippen LogP contribution >= 0.6 is 11.3 Å². The van der Waals surface area contributed by atoms with Crippen LogP contribution in [0, 0.1) is 0 Å². The van der Waals surface area contributed by atoms with Gasteiger partial charge in [0.15, 0.2) is 5.13 Å². The minimum Gasteiger partial charge on any atom is -0.361 e. The molecule has 33 heavy (non-hydrogen) atoms. The smallest absolute Gasteiger partial charge is 0.251 e. The van der Waals surface area contributed by atoms with Gasteiger partial charge in [-0.05, 0) is 55.3 Å². The molecule has 0 bridgehead atoms. The van der Waals surface area contributed by atoms with Crippen LogP contribution in [0.25, 0.3) is 26.3 Å². The van der Waals surface area contributed by atoms with E-state index in [1.807, 2.05) is 72.5 Å². The number of para-hydroxylation sites is 1. The number of hydrogen-bond acceptors (Lipinski definition) is 4. The summed E-state index contributed by atoms with van der Waals surface area (Å²) in [6.07, 6.45) is 6.55. The molecule has 7 nitrogen and oxygen atoms in total. The van der Waals surface area contributed by atoms with Crippen LogP contribution in [0.4, 0.5) is 0 Å². The van der Waals surface area contributed by atoms with Gasteiger partial charge in [0, 0.05) is 41.1 Å². The van der Waals surface area contributed by atoms with Gasteiger partial charge in [-0.25, -0.2) is 4.98 Å². The summed E-state index contributed by atoms with van der Waals surface area (Å²) < 4.78 is 2.86. The summed E-state index contributed by atoms with van der Waals surface area (Å²) >= 11 is 1.51. The first kappa shape index (κ1) is 21.0. The molecule has 0 radical (unpaired) electrons. The molecular formula is C25H23N5O2S. The van der Waals surface area contributed by atoms with Crippen molar-refractivity contribution in [1.82, 2.24) is 25.2 Å². The lowest BCUT2D eigenvalue weighted by Gasteiger charge is -2.14. The number of hydrogen-bond donors (Lipinski definition) is 3. The van der Waals surface area contributed by atoms with Gasteiger partial charge >= 0.3 is 0 Å². The molecule has 0 fully saturated rings. The maximum atomic E-state index is 12.6. The minimum absolute atomic E-state index is 0.0609. The Morgan fingerprint density at radius 1 is 1.12 bits per heavy atom. The molecule has 166 valence electrons. The summed E-state index contributed by atoms with van der Waals surface area (Å²) in [4.78, 5) is 32.8. The lowest BCUT2D eigenvalue weighted by atomic mass is 10.1. The van der Waals surface area contributed by atoms with Crippen LogP contribution in [-0.4, -0.2) is 38.9 Å². The summed E-state index contributed by atoms with van der Waals surface area (Å²) in [5.74, 6) is -0.503. The number of H-pyrrole nitrogens is 1. The average Bonchev–Trinajstić information content (AvgIpc) is 3.56. The standard InChI is InChI=1S/C25H23N5O2S/c1-16(12-18-14-26-20-7-3-2-6-19(18)20)28-23(31)15-27-24(32)17-8-9-21-22(13-17)33-25(29-21)30-10-4-5-11-30/h2-11,13-14,16,26H,12,15H2,1H3,(H,27,32)(H,28,31). The van der Waals surface area contributed by atoms with E-state index in [4.69, 9.17) is 0 Å². The number of carbonyl (C=O) groups excluding carboxylic acids is 2. The predicted molar refractivity (Wildman–Crippen MR) is 131 cm³/mol. The van der Waals surface area contributed by atoms with E-state index in [0.29, 0.717) is 12.0 Å². The summed E-state index contributed by atoms with van der Waals surface area (Å²) in [6, 6.07) is 17.3. The van der Waals surface area contributed by atoms with E-state index in [1.165, 1.54) is 11.3 Å². The van der Waals surface area contributed by atoms with Crippen molar-refractivity contribution in [3.05, 3.63) is 84.3 Å². The Labute approximate surface area is 194 Å². The third-order valence-electron chi connectivity index (χ3n) is 5.48. The number of benzene rings is 2. The maximum Gasteiger partial charge on any atom is 0.251 e. The predicted octanol–water partition coefficient (Wildman–Crippen LogP) is 4.05. The quantitative estimate of drug-likeness (QED) is 0.344. The highest BCUT2D eigenvalue weighted by atomic mass is 32.1. The summed E-state index contributed by atoms with van der Waals surface area (Å²) in [6.45, 7) is 1.88. The van der Waals surface area contributed by atoms with Gasteiger partial charge in [-0.15, -0.1) is 0 Å². The fraction of sp³-hybridized carbons (Fsp3) is 0.160. The van der Waals surface area contributed by atoms with Crippen LogP contribution in [0.15, 0.2) is 73.2 Å². The van der Waals surface area contributed by atoms with Crippen molar-refractivity contribution in [2.45, 2.75) is 19.4 Å². The van der Waals surface area contributed by atoms with E-state index in [-0.39, 0.29) is 24.4 Å². The fourth-order valence-corrected chi connectivity index (χ4v) is 4.87. The largest absolute Gasteiger partial charge is 0.361 e. The van der Waals surface area contributed by atoms with Gasteiger partial charge in [-0.3, -0.25) is 9.59 Å². The third-order valence-corrected chi connectivity index (χ3v) is 6.51. The van der Waals surface area contributed by atoms with E-state index < -0.39 is 0 Å². The molecule has 0 saturated heterocycles. The molecule has 0 saturated carbocycles. The minimum atomic E-state index is -0.285. The number of rotatable bonds is 7. The molecule has 3 heterocycles. The molecule has 0 aliphatic carbocycles. The van der Waals surface area contributed by atoms with Crippen molar-refractivity contribution in [2.75, 3.05) is 6.54 Å². The number of fused-ring (bicyclic) bond motifs is 2. The number of amides is 2. The highest BCUT2D eigenvalue weighted by molar-refractivity contribution is 7.20. The van der Waals surface area contributed by atoms with Crippen LogP contribution in [-0.2, 0) is 11.2 Å². The number of nitrogens with zero attached hydrogens (tertiary/aromatic N) is 2. The van der Waals surface area contributed by atoms with E-state index in [0.717, 1.165) is 31.8 Å². The number of aromatic nitrogens is 3.